The number of amides is 1. The highest BCUT2D eigenvalue weighted by Crippen LogP contribution is 2.39. The average Bonchev–Trinajstić information content (AvgIpc) is 2.94. The number of benzene rings is 1. The molecule has 0 aliphatic carbocycles. The predicted molar refractivity (Wildman–Crippen MR) is 109 cm³/mol. The van der Waals surface area contributed by atoms with Gasteiger partial charge in [0.05, 0.1) is 9.88 Å². The van der Waals surface area contributed by atoms with Crippen molar-refractivity contribution in [1.29, 1.82) is 0 Å². The molecule has 1 fully saturated rings. The predicted octanol–water partition coefficient (Wildman–Crippen LogP) is 4.56. The summed E-state index contributed by atoms with van der Waals surface area (Å²) in [6, 6.07) is 12.5. The van der Waals surface area contributed by atoms with Crippen molar-refractivity contribution in [3.05, 3.63) is 41.3 Å². The minimum Gasteiger partial charge on any atom is -0.385 e. The number of hydrogen-bond donors (Lipinski definition) is 1. The number of methoxy groups -OCH3 is 1. The van der Waals surface area contributed by atoms with Gasteiger partial charge in [-0.1, -0.05) is 43.2 Å². The quantitative estimate of drug-likeness (QED) is 0.724. The molecule has 1 N–H and O–H groups in total. The van der Waals surface area contributed by atoms with Crippen molar-refractivity contribution in [2.24, 2.45) is 0 Å². The normalized spacial score (nSPS) is 14.9. The molecule has 26 heavy (non-hydrogen) atoms. The van der Waals surface area contributed by atoms with E-state index in [1.165, 1.54) is 41.8 Å². The van der Waals surface area contributed by atoms with Crippen LogP contribution in [0.25, 0.3) is 11.1 Å². The molecule has 0 bridgehead atoms. The highest BCUT2D eigenvalue weighted by Gasteiger charge is 2.21. The van der Waals surface area contributed by atoms with E-state index < -0.39 is 0 Å². The summed E-state index contributed by atoms with van der Waals surface area (Å²) in [7, 11) is 1.68. The molecule has 0 spiro atoms. The van der Waals surface area contributed by atoms with Crippen LogP contribution in [0, 0.1) is 0 Å². The van der Waals surface area contributed by atoms with E-state index in [1.54, 1.807) is 18.4 Å². The van der Waals surface area contributed by atoms with Crippen LogP contribution < -0.4 is 10.2 Å². The number of hydrogen-bond acceptors (Lipinski definition) is 4. The smallest absolute Gasteiger partial charge is 0.261 e. The van der Waals surface area contributed by atoms with Gasteiger partial charge < -0.3 is 15.0 Å². The maximum Gasteiger partial charge on any atom is 0.261 e. The van der Waals surface area contributed by atoms with Gasteiger partial charge in [-0.15, -0.1) is 11.3 Å². The summed E-state index contributed by atoms with van der Waals surface area (Å²) in [5, 5.41) is 4.25. The number of carbonyl (C=O) groups excluding carboxylic acids is 1. The van der Waals surface area contributed by atoms with E-state index in [9.17, 15) is 4.79 Å². The minimum absolute atomic E-state index is 0.0179. The van der Waals surface area contributed by atoms with Gasteiger partial charge in [-0.3, -0.25) is 4.79 Å². The minimum atomic E-state index is 0.0179. The van der Waals surface area contributed by atoms with Crippen molar-refractivity contribution >= 4 is 22.2 Å². The van der Waals surface area contributed by atoms with Crippen molar-refractivity contribution in [3.8, 4) is 11.1 Å². The third-order valence-electron chi connectivity index (χ3n) is 4.73. The number of thiophene rings is 1. The number of nitrogens with one attached hydrogen (secondary N) is 1. The molecular weight excluding hydrogens is 344 g/mol. The van der Waals surface area contributed by atoms with Gasteiger partial charge in [0.25, 0.3) is 5.91 Å². The molecule has 2 heterocycles. The summed E-state index contributed by atoms with van der Waals surface area (Å²) in [5.74, 6) is 0.0179. The van der Waals surface area contributed by atoms with Crippen LogP contribution in [0.3, 0.4) is 0 Å². The van der Waals surface area contributed by atoms with E-state index >= 15 is 0 Å². The number of nitrogens with zero attached hydrogens (tertiary/aromatic N) is 1. The lowest BCUT2D eigenvalue weighted by Crippen LogP contribution is -2.24. The first-order valence-electron chi connectivity index (χ1n) is 9.51. The van der Waals surface area contributed by atoms with Gasteiger partial charge in [0, 0.05) is 38.9 Å². The Hall–Kier alpha value is -1.85. The molecular formula is C21H28N2O2S. The Balaban J connectivity index is 1.84. The van der Waals surface area contributed by atoms with Crippen LogP contribution in [0.4, 0.5) is 5.00 Å². The first kappa shape index (κ1) is 18.9. The molecule has 1 amide bonds. The fourth-order valence-electron chi connectivity index (χ4n) is 3.33. The Morgan fingerprint density at radius 3 is 2.58 bits per heavy atom. The summed E-state index contributed by atoms with van der Waals surface area (Å²) in [4.78, 5) is 15.9. The first-order chi connectivity index (χ1) is 12.8. The molecule has 0 atom stereocenters. The molecule has 0 saturated carbocycles. The molecule has 4 nitrogen and oxygen atoms in total. The summed E-state index contributed by atoms with van der Waals surface area (Å²) < 4.78 is 5.05. The number of anilines is 1. The second-order valence-electron chi connectivity index (χ2n) is 6.70. The zero-order chi connectivity index (χ0) is 18.2. The van der Waals surface area contributed by atoms with Crippen LogP contribution in [0.2, 0.25) is 0 Å². The van der Waals surface area contributed by atoms with E-state index in [1.807, 2.05) is 6.07 Å². The molecule has 1 aliphatic heterocycles. The van der Waals surface area contributed by atoms with Crippen LogP contribution >= 0.6 is 11.3 Å². The zero-order valence-electron chi connectivity index (χ0n) is 15.5. The second-order valence-corrected chi connectivity index (χ2v) is 7.73. The number of ether oxygens (including phenoxy) is 1. The van der Waals surface area contributed by atoms with Crippen LogP contribution in [0.5, 0.6) is 0 Å². The molecule has 2 aromatic rings. The molecule has 0 radical (unpaired) electrons. The molecule has 1 aliphatic rings. The SMILES string of the molecule is COCCCNC(=O)c1cc(-c2ccccc2)c(N2CCCCCC2)s1. The van der Waals surface area contributed by atoms with Crippen molar-refractivity contribution in [3.63, 3.8) is 0 Å². The third-order valence-corrected chi connectivity index (χ3v) is 5.92. The zero-order valence-corrected chi connectivity index (χ0v) is 16.3. The Kier molecular flexibility index (Phi) is 7.09. The highest BCUT2D eigenvalue weighted by atomic mass is 32.1. The van der Waals surface area contributed by atoms with Gasteiger partial charge in [0.1, 0.15) is 0 Å². The lowest BCUT2D eigenvalue weighted by Gasteiger charge is -2.22. The van der Waals surface area contributed by atoms with Crippen LogP contribution in [-0.4, -0.2) is 39.3 Å². The summed E-state index contributed by atoms with van der Waals surface area (Å²) in [6.07, 6.45) is 5.89. The van der Waals surface area contributed by atoms with Gasteiger partial charge in [-0.05, 0) is 30.9 Å². The number of rotatable bonds is 7. The van der Waals surface area contributed by atoms with Gasteiger partial charge in [-0.25, -0.2) is 0 Å². The van der Waals surface area contributed by atoms with Crippen LogP contribution in [0.15, 0.2) is 36.4 Å². The van der Waals surface area contributed by atoms with Crippen molar-refractivity contribution in [2.45, 2.75) is 32.1 Å². The van der Waals surface area contributed by atoms with E-state index in [0.717, 1.165) is 24.4 Å². The standard InChI is InChI=1S/C21H28N2O2S/c1-25-15-9-12-22-20(24)19-16-18(17-10-5-4-6-11-17)21(26-19)23-13-7-2-3-8-14-23/h4-6,10-11,16H,2-3,7-9,12-15H2,1H3,(H,22,24). The topological polar surface area (TPSA) is 41.6 Å². The third kappa shape index (κ3) is 4.86. The maximum atomic E-state index is 12.6. The van der Waals surface area contributed by atoms with Crippen molar-refractivity contribution < 1.29 is 9.53 Å². The van der Waals surface area contributed by atoms with E-state index in [4.69, 9.17) is 4.74 Å². The summed E-state index contributed by atoms with van der Waals surface area (Å²) in [5.41, 5.74) is 2.36. The largest absolute Gasteiger partial charge is 0.385 e. The fourth-order valence-corrected chi connectivity index (χ4v) is 4.48. The maximum absolute atomic E-state index is 12.6. The van der Waals surface area contributed by atoms with E-state index in [2.05, 4.69) is 40.5 Å². The second kappa shape index (κ2) is 9.74. The van der Waals surface area contributed by atoms with Crippen molar-refractivity contribution in [2.75, 3.05) is 38.3 Å². The number of carbonyl (C=O) groups is 1. The molecule has 1 aromatic heterocycles. The molecule has 1 saturated heterocycles. The average molecular weight is 373 g/mol. The van der Waals surface area contributed by atoms with Crippen LogP contribution in [0.1, 0.15) is 41.8 Å². The monoisotopic (exact) mass is 372 g/mol. The summed E-state index contributed by atoms with van der Waals surface area (Å²) in [6.45, 7) is 3.47. The fraction of sp³-hybridized carbons (Fsp3) is 0.476. The van der Waals surface area contributed by atoms with Crippen LogP contribution in [-0.2, 0) is 4.74 Å². The van der Waals surface area contributed by atoms with Gasteiger partial charge in [0.15, 0.2) is 0 Å². The Bertz CT molecular complexity index is 691. The molecule has 3 rings (SSSR count). The Morgan fingerprint density at radius 2 is 1.88 bits per heavy atom. The Morgan fingerprint density at radius 1 is 1.15 bits per heavy atom. The lowest BCUT2D eigenvalue weighted by atomic mass is 10.1. The van der Waals surface area contributed by atoms with Crippen molar-refractivity contribution in [1.82, 2.24) is 5.32 Å². The van der Waals surface area contributed by atoms with Gasteiger partial charge in [0.2, 0.25) is 0 Å². The molecule has 1 aromatic carbocycles. The van der Waals surface area contributed by atoms with Gasteiger partial charge >= 0.3 is 0 Å². The van der Waals surface area contributed by atoms with E-state index in [-0.39, 0.29) is 5.91 Å². The van der Waals surface area contributed by atoms with Gasteiger partial charge in [-0.2, -0.15) is 0 Å². The lowest BCUT2D eigenvalue weighted by molar-refractivity contribution is 0.0952. The summed E-state index contributed by atoms with van der Waals surface area (Å²) >= 11 is 1.62. The molecule has 0 unspecified atom stereocenters. The van der Waals surface area contributed by atoms with E-state index in [0.29, 0.717) is 13.2 Å². The Labute approximate surface area is 160 Å². The highest BCUT2D eigenvalue weighted by molar-refractivity contribution is 7.18. The first-order valence-corrected chi connectivity index (χ1v) is 10.3. The molecule has 140 valence electrons. The molecule has 5 heteroatoms.